The van der Waals surface area contributed by atoms with Gasteiger partial charge >= 0.3 is 6.18 Å². The Morgan fingerprint density at radius 1 is 1.09 bits per heavy atom. The van der Waals surface area contributed by atoms with E-state index in [0.717, 1.165) is 37.0 Å². The minimum Gasteiger partial charge on any atom is -0.382 e. The first-order valence-corrected chi connectivity index (χ1v) is 14.7. The van der Waals surface area contributed by atoms with Gasteiger partial charge in [0.1, 0.15) is 28.7 Å². The lowest BCUT2D eigenvalue weighted by Crippen LogP contribution is -2.40. The first-order valence-electron chi connectivity index (χ1n) is 14.7. The molecule has 236 valence electrons. The highest BCUT2D eigenvalue weighted by atomic mass is 19.4. The van der Waals surface area contributed by atoms with E-state index >= 15 is 0 Å². The SMILES string of the molecule is Cc1noc([C@H]2C[C@@H]2C(=O)N2CCCC(c3nc(-c4ccc(C(=O)Nc5cc(C(F)(F)F)ccn5)cc4)c4c(N)nccn34)C2)n1. The molecule has 2 aliphatic rings. The van der Waals surface area contributed by atoms with Crippen molar-refractivity contribution in [2.75, 3.05) is 24.1 Å². The summed E-state index contributed by atoms with van der Waals surface area (Å²) in [5.74, 6) is 1.02. The van der Waals surface area contributed by atoms with Crippen LogP contribution in [0, 0.1) is 12.8 Å². The fourth-order valence-electron chi connectivity index (χ4n) is 6.05. The van der Waals surface area contributed by atoms with Gasteiger partial charge in [0.15, 0.2) is 5.82 Å². The van der Waals surface area contributed by atoms with E-state index in [1.165, 1.54) is 0 Å². The normalized spacial score (nSPS) is 19.7. The number of fused-ring (bicyclic) bond motifs is 1. The summed E-state index contributed by atoms with van der Waals surface area (Å²) in [4.78, 5) is 45.5. The second-order valence-electron chi connectivity index (χ2n) is 11.6. The molecule has 3 atom stereocenters. The van der Waals surface area contributed by atoms with Gasteiger partial charge in [-0.15, -0.1) is 0 Å². The summed E-state index contributed by atoms with van der Waals surface area (Å²) in [6, 6.07) is 8.09. The molecule has 1 unspecified atom stereocenters. The van der Waals surface area contributed by atoms with Crippen LogP contribution in [0.2, 0.25) is 0 Å². The third-order valence-electron chi connectivity index (χ3n) is 8.43. The van der Waals surface area contributed by atoms with Crippen molar-refractivity contribution in [3.05, 3.63) is 83.7 Å². The van der Waals surface area contributed by atoms with Gasteiger partial charge in [0, 0.05) is 48.7 Å². The number of anilines is 2. The van der Waals surface area contributed by atoms with Crippen LogP contribution in [0.15, 0.2) is 59.5 Å². The van der Waals surface area contributed by atoms with Crippen LogP contribution >= 0.6 is 0 Å². The number of hydrogen-bond acceptors (Lipinski definition) is 9. The number of nitrogens with two attached hydrogens (primary N) is 1. The number of aromatic nitrogens is 6. The minimum atomic E-state index is -4.56. The number of halogens is 3. The van der Waals surface area contributed by atoms with Crippen molar-refractivity contribution in [2.24, 2.45) is 5.92 Å². The fourth-order valence-corrected chi connectivity index (χ4v) is 6.05. The summed E-state index contributed by atoms with van der Waals surface area (Å²) in [6.45, 7) is 2.90. The average molecular weight is 632 g/mol. The molecule has 1 saturated carbocycles. The molecule has 2 fully saturated rings. The summed E-state index contributed by atoms with van der Waals surface area (Å²) in [7, 11) is 0. The Morgan fingerprint density at radius 2 is 1.89 bits per heavy atom. The summed E-state index contributed by atoms with van der Waals surface area (Å²) >= 11 is 0. The number of nitrogens with zero attached hydrogens (tertiary/aromatic N) is 7. The van der Waals surface area contributed by atoms with E-state index in [4.69, 9.17) is 15.2 Å². The molecule has 1 aliphatic carbocycles. The molecule has 12 nitrogen and oxygen atoms in total. The molecule has 3 N–H and O–H groups in total. The molecule has 0 radical (unpaired) electrons. The Balaban J connectivity index is 1.11. The first-order chi connectivity index (χ1) is 22.1. The largest absolute Gasteiger partial charge is 0.416 e. The number of nitrogen functional groups attached to an aromatic ring is 1. The van der Waals surface area contributed by atoms with Crippen LogP contribution in [0.3, 0.4) is 0 Å². The zero-order chi connectivity index (χ0) is 32.2. The zero-order valence-electron chi connectivity index (χ0n) is 24.5. The maximum atomic E-state index is 13.4. The zero-order valence-corrected chi connectivity index (χ0v) is 24.5. The number of pyridine rings is 1. The number of aryl methyl sites for hydroxylation is 1. The number of amides is 2. The van der Waals surface area contributed by atoms with Gasteiger partial charge in [0.2, 0.25) is 11.8 Å². The van der Waals surface area contributed by atoms with Gasteiger partial charge in [-0.25, -0.2) is 15.0 Å². The molecule has 4 aromatic heterocycles. The van der Waals surface area contributed by atoms with Crippen molar-refractivity contribution in [1.82, 2.24) is 34.4 Å². The van der Waals surface area contributed by atoms with Gasteiger partial charge in [-0.2, -0.15) is 18.2 Å². The monoisotopic (exact) mass is 631 g/mol. The van der Waals surface area contributed by atoms with E-state index in [2.05, 4.69) is 25.4 Å². The van der Waals surface area contributed by atoms with Crippen molar-refractivity contribution in [2.45, 2.75) is 44.2 Å². The van der Waals surface area contributed by atoms with Crippen LogP contribution in [-0.4, -0.2) is 59.3 Å². The van der Waals surface area contributed by atoms with Gasteiger partial charge < -0.3 is 20.5 Å². The minimum absolute atomic E-state index is 0.0508. The number of piperidine rings is 1. The number of likely N-dealkylation sites (tertiary alicyclic amines) is 1. The number of imidazole rings is 1. The Morgan fingerprint density at radius 3 is 2.63 bits per heavy atom. The molecular weight excluding hydrogens is 603 g/mol. The summed E-state index contributed by atoms with van der Waals surface area (Å²) in [6.07, 6.45) is 2.13. The topological polar surface area (TPSA) is 157 Å². The van der Waals surface area contributed by atoms with Crippen LogP contribution < -0.4 is 11.1 Å². The van der Waals surface area contributed by atoms with E-state index in [-0.39, 0.29) is 40.9 Å². The quantitative estimate of drug-likeness (QED) is 0.267. The lowest BCUT2D eigenvalue weighted by atomic mass is 9.96. The third kappa shape index (κ3) is 5.52. The van der Waals surface area contributed by atoms with Crippen LogP contribution in [0.4, 0.5) is 24.8 Å². The van der Waals surface area contributed by atoms with Crippen molar-refractivity contribution in [1.29, 1.82) is 0 Å². The Kier molecular flexibility index (Phi) is 7.17. The summed E-state index contributed by atoms with van der Waals surface area (Å²) in [5.41, 5.74) is 7.46. The van der Waals surface area contributed by atoms with Gasteiger partial charge in [-0.05, 0) is 50.5 Å². The lowest BCUT2D eigenvalue weighted by Gasteiger charge is -2.32. The molecule has 1 aromatic carbocycles. The van der Waals surface area contributed by atoms with Crippen molar-refractivity contribution < 1.29 is 27.3 Å². The van der Waals surface area contributed by atoms with E-state index in [1.54, 1.807) is 43.6 Å². The van der Waals surface area contributed by atoms with E-state index in [0.29, 0.717) is 48.0 Å². The van der Waals surface area contributed by atoms with Crippen LogP contribution in [0.5, 0.6) is 0 Å². The number of carbonyl (C=O) groups is 2. The molecule has 5 heterocycles. The predicted octanol–water partition coefficient (Wildman–Crippen LogP) is 4.85. The summed E-state index contributed by atoms with van der Waals surface area (Å²) in [5, 5.41) is 6.26. The molecule has 0 bridgehead atoms. The molecule has 5 aromatic rings. The fraction of sp³-hybridized carbons (Fsp3) is 0.323. The Hall–Kier alpha value is -5.34. The highest BCUT2D eigenvalue weighted by Crippen LogP contribution is 2.48. The van der Waals surface area contributed by atoms with E-state index in [9.17, 15) is 22.8 Å². The van der Waals surface area contributed by atoms with Crippen LogP contribution in [0.25, 0.3) is 16.8 Å². The number of hydrogen-bond donors (Lipinski definition) is 2. The highest BCUT2D eigenvalue weighted by Gasteiger charge is 2.50. The first kappa shape index (κ1) is 29.4. The molecular formula is C31H28F3N9O3. The number of rotatable bonds is 6. The number of nitrogens with one attached hydrogen (secondary N) is 1. The molecule has 1 saturated heterocycles. The predicted molar refractivity (Wildman–Crippen MR) is 158 cm³/mol. The van der Waals surface area contributed by atoms with E-state index in [1.807, 2.05) is 9.30 Å². The van der Waals surface area contributed by atoms with E-state index < -0.39 is 17.6 Å². The second-order valence-corrected chi connectivity index (χ2v) is 11.6. The van der Waals surface area contributed by atoms with Crippen molar-refractivity contribution in [3.8, 4) is 11.3 Å². The number of alkyl halides is 3. The summed E-state index contributed by atoms with van der Waals surface area (Å²) < 4.78 is 46.4. The molecule has 15 heteroatoms. The molecule has 46 heavy (non-hydrogen) atoms. The molecule has 0 spiro atoms. The standard InChI is InChI=1S/C31H28F3N9O3/c1-16-38-29(46-41-16)21-14-22(21)30(45)42-11-2-3-19(15-42)27-40-24(25-26(35)37-10-12-43(25)27)17-4-6-18(7-5-17)28(44)39-23-13-20(8-9-36-23)31(32,33)34/h4-10,12-13,19,21-22H,2-3,11,14-15H2,1H3,(H2,35,37)(H,36,39,44)/t19?,21-,22-/m0/s1. The maximum Gasteiger partial charge on any atom is 0.416 e. The third-order valence-corrected chi connectivity index (χ3v) is 8.43. The number of benzene rings is 1. The molecule has 7 rings (SSSR count). The molecule has 2 amide bonds. The second kappa shape index (κ2) is 11.2. The van der Waals surface area contributed by atoms with Gasteiger partial charge in [0.25, 0.3) is 5.91 Å². The number of carbonyl (C=O) groups excluding carboxylic acids is 2. The maximum absolute atomic E-state index is 13.4. The Bertz CT molecular complexity index is 1950. The van der Waals surface area contributed by atoms with Crippen LogP contribution in [0.1, 0.15) is 64.6 Å². The highest BCUT2D eigenvalue weighted by molar-refractivity contribution is 6.04. The van der Waals surface area contributed by atoms with Gasteiger partial charge in [-0.1, -0.05) is 17.3 Å². The lowest BCUT2D eigenvalue weighted by molar-refractivity contribution is -0.137. The Labute approximate surface area is 259 Å². The molecule has 1 aliphatic heterocycles. The van der Waals surface area contributed by atoms with Crippen molar-refractivity contribution in [3.63, 3.8) is 0 Å². The van der Waals surface area contributed by atoms with Gasteiger partial charge in [-0.3, -0.25) is 14.0 Å². The van der Waals surface area contributed by atoms with Gasteiger partial charge in [0.05, 0.1) is 17.4 Å². The van der Waals surface area contributed by atoms with Crippen LogP contribution in [-0.2, 0) is 11.0 Å². The average Bonchev–Trinajstić information content (AvgIpc) is 3.56. The smallest absolute Gasteiger partial charge is 0.382 e. The van der Waals surface area contributed by atoms with Crippen molar-refractivity contribution >= 4 is 29.0 Å².